The van der Waals surface area contributed by atoms with Gasteiger partial charge in [0.25, 0.3) is 0 Å². The lowest BCUT2D eigenvalue weighted by Gasteiger charge is -2.29. The molecular formula is C18H29NO4S2. The molecule has 2 rings (SSSR count). The maximum atomic E-state index is 13.5. The fourth-order valence-electron chi connectivity index (χ4n) is 3.69. The van der Waals surface area contributed by atoms with Gasteiger partial charge in [0, 0.05) is 12.6 Å². The van der Waals surface area contributed by atoms with Gasteiger partial charge < -0.3 is 0 Å². The van der Waals surface area contributed by atoms with Crippen LogP contribution in [0.5, 0.6) is 0 Å². The van der Waals surface area contributed by atoms with E-state index in [-0.39, 0.29) is 11.5 Å². The first-order valence-electron chi connectivity index (χ1n) is 8.73. The normalized spacial score (nSPS) is 20.4. The molecule has 0 unspecified atom stereocenters. The molecule has 5 nitrogen and oxygen atoms in total. The monoisotopic (exact) mass is 387 g/mol. The molecule has 0 aliphatic carbocycles. The van der Waals surface area contributed by atoms with Crippen molar-refractivity contribution < 1.29 is 16.8 Å². The smallest absolute Gasteiger partial charge is 0.229 e. The lowest BCUT2D eigenvalue weighted by molar-refractivity contribution is 0.340. The number of hydrogen-bond donors (Lipinski definition) is 0. The van der Waals surface area contributed by atoms with Crippen molar-refractivity contribution in [2.75, 3.05) is 18.1 Å². The van der Waals surface area contributed by atoms with Crippen LogP contribution in [-0.2, 0) is 19.9 Å². The van der Waals surface area contributed by atoms with E-state index in [2.05, 4.69) is 0 Å². The van der Waals surface area contributed by atoms with E-state index in [1.807, 2.05) is 41.5 Å². The Hall–Kier alpha value is -0.920. The van der Waals surface area contributed by atoms with Crippen LogP contribution < -0.4 is 0 Å². The van der Waals surface area contributed by atoms with Crippen LogP contribution in [-0.4, -0.2) is 45.2 Å². The van der Waals surface area contributed by atoms with Crippen molar-refractivity contribution in [2.24, 2.45) is 0 Å². The molecule has 25 heavy (non-hydrogen) atoms. The third-order valence-electron chi connectivity index (χ3n) is 5.56. The Labute approximate surface area is 152 Å². The number of nitrogens with zero attached hydrogens (tertiary/aromatic N) is 1. The van der Waals surface area contributed by atoms with Crippen LogP contribution in [0.15, 0.2) is 4.90 Å². The molecule has 0 radical (unpaired) electrons. The van der Waals surface area contributed by atoms with Crippen LogP contribution in [0.2, 0.25) is 0 Å². The van der Waals surface area contributed by atoms with Gasteiger partial charge in [-0.3, -0.25) is 0 Å². The van der Waals surface area contributed by atoms with Crippen molar-refractivity contribution >= 4 is 19.9 Å². The summed E-state index contributed by atoms with van der Waals surface area (Å²) in [6, 6.07) is -0.462. The molecular weight excluding hydrogens is 358 g/mol. The second-order valence-electron chi connectivity index (χ2n) is 7.13. The average Bonchev–Trinajstić information content (AvgIpc) is 2.88. The standard InChI is InChI=1S/C18H29NO4S2/c1-7-9-19(17-8-10-24(20,21)11-17)25(22,23)18-15(5)13(3)12(2)14(4)16(18)6/h17H,7-11H2,1-6H3/t17-/m0/s1. The maximum Gasteiger partial charge on any atom is 0.243 e. The summed E-state index contributed by atoms with van der Waals surface area (Å²) in [6.45, 7) is 11.8. The zero-order valence-electron chi connectivity index (χ0n) is 16.0. The van der Waals surface area contributed by atoms with Gasteiger partial charge in [-0.25, -0.2) is 16.8 Å². The molecule has 0 bridgehead atoms. The van der Waals surface area contributed by atoms with Crippen LogP contribution in [0.3, 0.4) is 0 Å². The Morgan fingerprint density at radius 2 is 1.44 bits per heavy atom. The van der Waals surface area contributed by atoms with E-state index in [9.17, 15) is 16.8 Å². The van der Waals surface area contributed by atoms with Gasteiger partial charge in [0.05, 0.1) is 16.4 Å². The van der Waals surface area contributed by atoms with Crippen molar-refractivity contribution in [1.82, 2.24) is 4.31 Å². The molecule has 1 aliphatic heterocycles. The lowest BCUT2D eigenvalue weighted by atomic mass is 9.95. The molecule has 1 fully saturated rings. The van der Waals surface area contributed by atoms with Gasteiger partial charge in [0.1, 0.15) is 0 Å². The molecule has 1 heterocycles. The van der Waals surface area contributed by atoms with E-state index in [0.717, 1.165) is 27.8 Å². The molecule has 7 heteroatoms. The summed E-state index contributed by atoms with van der Waals surface area (Å²) in [7, 11) is -6.90. The van der Waals surface area contributed by atoms with Crippen molar-refractivity contribution in [1.29, 1.82) is 0 Å². The van der Waals surface area contributed by atoms with Crippen molar-refractivity contribution in [2.45, 2.75) is 65.3 Å². The van der Waals surface area contributed by atoms with E-state index >= 15 is 0 Å². The van der Waals surface area contributed by atoms with E-state index in [4.69, 9.17) is 0 Å². The quantitative estimate of drug-likeness (QED) is 0.779. The van der Waals surface area contributed by atoms with Gasteiger partial charge >= 0.3 is 0 Å². The zero-order chi connectivity index (χ0) is 19.2. The van der Waals surface area contributed by atoms with Gasteiger partial charge in [0.2, 0.25) is 10.0 Å². The number of rotatable bonds is 5. The van der Waals surface area contributed by atoms with Crippen molar-refractivity contribution in [3.8, 4) is 0 Å². The van der Waals surface area contributed by atoms with Crippen LogP contribution in [0.1, 0.15) is 47.6 Å². The van der Waals surface area contributed by atoms with Crippen LogP contribution >= 0.6 is 0 Å². The first kappa shape index (κ1) is 20.4. The van der Waals surface area contributed by atoms with Gasteiger partial charge in [-0.2, -0.15) is 4.31 Å². The molecule has 0 spiro atoms. The van der Waals surface area contributed by atoms with Crippen LogP contribution in [0.25, 0.3) is 0 Å². The predicted octanol–water partition coefficient (Wildman–Crippen LogP) is 2.82. The first-order chi connectivity index (χ1) is 11.4. The summed E-state index contributed by atoms with van der Waals surface area (Å²) >= 11 is 0. The van der Waals surface area contributed by atoms with Gasteiger partial charge in [-0.1, -0.05) is 6.92 Å². The molecule has 1 saturated heterocycles. The minimum Gasteiger partial charge on any atom is -0.229 e. The summed E-state index contributed by atoms with van der Waals surface area (Å²) < 4.78 is 52.2. The Kier molecular flexibility index (Phi) is 5.71. The highest BCUT2D eigenvalue weighted by Gasteiger charge is 2.39. The van der Waals surface area contributed by atoms with Gasteiger partial charge in [-0.15, -0.1) is 0 Å². The minimum atomic E-state index is -3.75. The Balaban J connectivity index is 2.63. The summed E-state index contributed by atoms with van der Waals surface area (Å²) in [6.07, 6.45) is 1.03. The summed E-state index contributed by atoms with van der Waals surface area (Å²) in [5, 5.41) is 0. The minimum absolute atomic E-state index is 0.0668. The largest absolute Gasteiger partial charge is 0.243 e. The highest BCUT2D eigenvalue weighted by Crippen LogP contribution is 2.33. The lowest BCUT2D eigenvalue weighted by Crippen LogP contribution is -2.42. The Bertz CT molecular complexity index is 857. The average molecular weight is 388 g/mol. The maximum absolute atomic E-state index is 13.5. The first-order valence-corrected chi connectivity index (χ1v) is 12.0. The number of sulfonamides is 1. The molecule has 1 aliphatic rings. The molecule has 0 N–H and O–H groups in total. The second kappa shape index (κ2) is 7.00. The molecule has 0 amide bonds. The highest BCUT2D eigenvalue weighted by atomic mass is 32.2. The van der Waals surface area contributed by atoms with E-state index in [1.165, 1.54) is 4.31 Å². The SMILES string of the molecule is CCCN([C@H]1CCS(=O)(=O)C1)S(=O)(=O)c1c(C)c(C)c(C)c(C)c1C. The van der Waals surface area contributed by atoms with Crippen LogP contribution in [0.4, 0.5) is 0 Å². The summed E-state index contributed by atoms with van der Waals surface area (Å²) in [5.41, 5.74) is 4.61. The fourth-order valence-corrected chi connectivity index (χ4v) is 7.83. The summed E-state index contributed by atoms with van der Waals surface area (Å²) in [4.78, 5) is 0.353. The number of hydrogen-bond acceptors (Lipinski definition) is 4. The molecule has 1 atom stereocenters. The zero-order valence-corrected chi connectivity index (χ0v) is 17.6. The molecule has 0 saturated carbocycles. The second-order valence-corrected chi connectivity index (χ2v) is 11.2. The van der Waals surface area contributed by atoms with Gasteiger partial charge in [0.15, 0.2) is 9.84 Å². The Morgan fingerprint density at radius 3 is 1.84 bits per heavy atom. The summed E-state index contributed by atoms with van der Waals surface area (Å²) in [5.74, 6) is -0.00846. The molecule has 0 aromatic heterocycles. The number of sulfone groups is 1. The third-order valence-corrected chi connectivity index (χ3v) is 9.53. The fraction of sp³-hybridized carbons (Fsp3) is 0.667. The molecule has 1 aromatic carbocycles. The van der Waals surface area contributed by atoms with Crippen LogP contribution in [0, 0.1) is 34.6 Å². The highest BCUT2D eigenvalue weighted by molar-refractivity contribution is 7.92. The third kappa shape index (κ3) is 3.64. The van der Waals surface area contributed by atoms with E-state index < -0.39 is 25.9 Å². The van der Waals surface area contributed by atoms with Crippen molar-refractivity contribution in [3.05, 3.63) is 27.8 Å². The topological polar surface area (TPSA) is 71.5 Å². The van der Waals surface area contributed by atoms with E-state index in [0.29, 0.717) is 24.3 Å². The van der Waals surface area contributed by atoms with E-state index in [1.54, 1.807) is 0 Å². The predicted molar refractivity (Wildman–Crippen MR) is 101 cm³/mol. The Morgan fingerprint density at radius 1 is 0.960 bits per heavy atom. The number of benzene rings is 1. The van der Waals surface area contributed by atoms with Crippen molar-refractivity contribution in [3.63, 3.8) is 0 Å². The molecule has 142 valence electrons. The van der Waals surface area contributed by atoms with Gasteiger partial charge in [-0.05, 0) is 75.3 Å². The molecule has 1 aromatic rings.